The lowest BCUT2D eigenvalue weighted by molar-refractivity contribution is -0.139. The van der Waals surface area contributed by atoms with Crippen molar-refractivity contribution in [3.63, 3.8) is 0 Å². The maximum Gasteiger partial charge on any atom is 0.305 e. The van der Waals surface area contributed by atoms with E-state index in [1.54, 1.807) is 24.3 Å². The van der Waals surface area contributed by atoms with Crippen molar-refractivity contribution in [1.29, 1.82) is 0 Å². The van der Waals surface area contributed by atoms with Gasteiger partial charge < -0.3 is 10.4 Å². The molecule has 0 saturated heterocycles. The average Bonchev–Trinajstić information content (AvgIpc) is 2.35. The molecular formula is C15H17NO4. The summed E-state index contributed by atoms with van der Waals surface area (Å²) in [4.78, 5) is 34.1. The molecule has 2 N–H and O–H groups in total. The highest BCUT2D eigenvalue weighted by molar-refractivity contribution is 5.98. The van der Waals surface area contributed by atoms with Gasteiger partial charge in [0.15, 0.2) is 5.78 Å². The monoisotopic (exact) mass is 275 g/mol. The van der Waals surface area contributed by atoms with Gasteiger partial charge in [-0.25, -0.2) is 0 Å². The van der Waals surface area contributed by atoms with Crippen molar-refractivity contribution in [2.24, 2.45) is 0 Å². The molecule has 0 heterocycles. The molecule has 1 fully saturated rings. The Kier molecular flexibility index (Phi) is 3.88. The van der Waals surface area contributed by atoms with Gasteiger partial charge in [-0.15, -0.1) is 0 Å². The minimum atomic E-state index is -0.906. The zero-order valence-corrected chi connectivity index (χ0v) is 11.3. The van der Waals surface area contributed by atoms with E-state index in [-0.39, 0.29) is 18.1 Å². The van der Waals surface area contributed by atoms with Gasteiger partial charge >= 0.3 is 5.97 Å². The smallest absolute Gasteiger partial charge is 0.305 e. The maximum atomic E-state index is 12.1. The first-order chi connectivity index (χ1) is 9.42. The van der Waals surface area contributed by atoms with Crippen LogP contribution in [-0.2, 0) is 4.79 Å². The highest BCUT2D eigenvalue weighted by atomic mass is 16.4. The molecule has 0 aromatic heterocycles. The standard InChI is InChI=1S/C15H17NO4/c1-10(17)11-3-5-12(6-4-11)14(20)16-15(7-2-8-15)9-13(18)19/h3-6H,2,7-9H2,1H3,(H,16,20)(H,18,19). The first-order valence-electron chi connectivity index (χ1n) is 6.57. The molecule has 0 unspecified atom stereocenters. The third-order valence-electron chi connectivity index (χ3n) is 3.73. The summed E-state index contributed by atoms with van der Waals surface area (Å²) in [5.74, 6) is -1.25. The second-order valence-corrected chi connectivity index (χ2v) is 5.29. The summed E-state index contributed by atoms with van der Waals surface area (Å²) >= 11 is 0. The Bertz CT molecular complexity index is 543. The first-order valence-corrected chi connectivity index (χ1v) is 6.57. The molecule has 5 heteroatoms. The summed E-state index contributed by atoms with van der Waals surface area (Å²) < 4.78 is 0. The number of amides is 1. The molecule has 1 aromatic carbocycles. The minimum Gasteiger partial charge on any atom is -0.481 e. The average molecular weight is 275 g/mol. The Balaban J connectivity index is 2.07. The fourth-order valence-corrected chi connectivity index (χ4v) is 2.41. The van der Waals surface area contributed by atoms with Crippen LogP contribution in [0.2, 0.25) is 0 Å². The summed E-state index contributed by atoms with van der Waals surface area (Å²) in [7, 11) is 0. The molecule has 5 nitrogen and oxygen atoms in total. The van der Waals surface area contributed by atoms with Gasteiger partial charge in [0.2, 0.25) is 0 Å². The van der Waals surface area contributed by atoms with E-state index in [0.717, 1.165) is 6.42 Å². The van der Waals surface area contributed by atoms with Crippen LogP contribution in [0.3, 0.4) is 0 Å². The van der Waals surface area contributed by atoms with Crippen molar-refractivity contribution in [3.8, 4) is 0 Å². The van der Waals surface area contributed by atoms with Crippen molar-refractivity contribution < 1.29 is 19.5 Å². The van der Waals surface area contributed by atoms with Gasteiger partial charge in [-0.1, -0.05) is 12.1 Å². The van der Waals surface area contributed by atoms with Crippen molar-refractivity contribution in [1.82, 2.24) is 5.32 Å². The third kappa shape index (κ3) is 3.04. The molecule has 106 valence electrons. The molecule has 0 atom stereocenters. The zero-order valence-electron chi connectivity index (χ0n) is 11.3. The number of hydrogen-bond donors (Lipinski definition) is 2. The molecule has 1 aliphatic rings. The number of nitrogens with one attached hydrogen (secondary N) is 1. The van der Waals surface area contributed by atoms with E-state index >= 15 is 0 Å². The Morgan fingerprint density at radius 3 is 2.10 bits per heavy atom. The summed E-state index contributed by atoms with van der Waals surface area (Å²) in [5.41, 5.74) is 0.374. The highest BCUT2D eigenvalue weighted by Gasteiger charge is 2.40. The highest BCUT2D eigenvalue weighted by Crippen LogP contribution is 2.35. The number of hydrogen-bond acceptors (Lipinski definition) is 3. The number of aliphatic carboxylic acids is 1. The lowest BCUT2D eigenvalue weighted by atomic mass is 9.74. The van der Waals surface area contributed by atoms with Gasteiger partial charge in [0, 0.05) is 11.1 Å². The van der Waals surface area contributed by atoms with Gasteiger partial charge in [0.1, 0.15) is 0 Å². The summed E-state index contributed by atoms with van der Waals surface area (Å²) in [6, 6.07) is 6.36. The van der Waals surface area contributed by atoms with Crippen LogP contribution in [0.15, 0.2) is 24.3 Å². The number of carbonyl (C=O) groups is 3. The molecule has 0 radical (unpaired) electrons. The zero-order chi connectivity index (χ0) is 14.8. The summed E-state index contributed by atoms with van der Waals surface area (Å²) in [6.45, 7) is 1.46. The molecular weight excluding hydrogens is 258 g/mol. The van der Waals surface area contributed by atoms with Gasteiger partial charge in [0.05, 0.1) is 12.0 Å². The fraction of sp³-hybridized carbons (Fsp3) is 0.400. The predicted molar refractivity (Wildman–Crippen MR) is 72.7 cm³/mol. The van der Waals surface area contributed by atoms with Crippen LogP contribution in [0.1, 0.15) is 53.3 Å². The molecule has 0 aliphatic heterocycles. The SMILES string of the molecule is CC(=O)c1ccc(C(=O)NC2(CC(=O)O)CCC2)cc1. The number of benzene rings is 1. The normalized spacial score (nSPS) is 16.1. The second kappa shape index (κ2) is 5.45. The van der Waals surface area contributed by atoms with E-state index < -0.39 is 11.5 Å². The number of carboxylic acids is 1. The molecule has 1 aliphatic carbocycles. The van der Waals surface area contributed by atoms with E-state index in [1.165, 1.54) is 6.92 Å². The Morgan fingerprint density at radius 1 is 1.15 bits per heavy atom. The second-order valence-electron chi connectivity index (χ2n) is 5.29. The fourth-order valence-electron chi connectivity index (χ4n) is 2.41. The topological polar surface area (TPSA) is 83.5 Å². The van der Waals surface area contributed by atoms with E-state index in [1.807, 2.05) is 0 Å². The maximum absolute atomic E-state index is 12.1. The number of Topliss-reactive ketones (excluding diaryl/α,β-unsaturated/α-hetero) is 1. The van der Waals surface area contributed by atoms with Crippen molar-refractivity contribution >= 4 is 17.7 Å². The van der Waals surface area contributed by atoms with Gasteiger partial charge in [-0.05, 0) is 38.3 Å². The number of carbonyl (C=O) groups excluding carboxylic acids is 2. The largest absolute Gasteiger partial charge is 0.481 e. The Labute approximate surface area is 117 Å². The van der Waals surface area contributed by atoms with Gasteiger partial charge in [-0.3, -0.25) is 14.4 Å². The van der Waals surface area contributed by atoms with Crippen LogP contribution >= 0.6 is 0 Å². The molecule has 1 saturated carbocycles. The van der Waals surface area contributed by atoms with E-state index in [2.05, 4.69) is 5.32 Å². The molecule has 0 bridgehead atoms. The molecule has 0 spiro atoms. The van der Waals surface area contributed by atoms with Crippen LogP contribution in [0.5, 0.6) is 0 Å². The van der Waals surface area contributed by atoms with E-state index in [4.69, 9.17) is 5.11 Å². The quantitative estimate of drug-likeness (QED) is 0.805. The van der Waals surface area contributed by atoms with E-state index in [0.29, 0.717) is 24.0 Å². The first kappa shape index (κ1) is 14.2. The summed E-state index contributed by atoms with van der Waals surface area (Å²) in [5, 5.41) is 11.7. The number of ketones is 1. The Hall–Kier alpha value is -2.17. The third-order valence-corrected chi connectivity index (χ3v) is 3.73. The minimum absolute atomic E-state index is 0.0513. The van der Waals surface area contributed by atoms with Crippen LogP contribution < -0.4 is 5.32 Å². The van der Waals surface area contributed by atoms with Gasteiger partial charge in [-0.2, -0.15) is 0 Å². The molecule has 2 rings (SSSR count). The summed E-state index contributed by atoms with van der Waals surface area (Å²) in [6.07, 6.45) is 2.26. The van der Waals surface area contributed by atoms with Crippen molar-refractivity contribution in [3.05, 3.63) is 35.4 Å². The van der Waals surface area contributed by atoms with Crippen LogP contribution in [0, 0.1) is 0 Å². The Morgan fingerprint density at radius 2 is 1.70 bits per heavy atom. The number of carboxylic acid groups (broad SMARTS) is 1. The molecule has 1 amide bonds. The van der Waals surface area contributed by atoms with Gasteiger partial charge in [0.25, 0.3) is 5.91 Å². The lowest BCUT2D eigenvalue weighted by Gasteiger charge is -2.41. The van der Waals surface area contributed by atoms with Crippen LogP contribution in [0.4, 0.5) is 0 Å². The van der Waals surface area contributed by atoms with Crippen LogP contribution in [0.25, 0.3) is 0 Å². The lowest BCUT2D eigenvalue weighted by Crippen LogP contribution is -2.54. The van der Waals surface area contributed by atoms with Crippen LogP contribution in [-0.4, -0.2) is 28.3 Å². The molecule has 20 heavy (non-hydrogen) atoms. The number of rotatable bonds is 5. The van der Waals surface area contributed by atoms with E-state index in [9.17, 15) is 14.4 Å². The predicted octanol–water partition coefficient (Wildman–Crippen LogP) is 2.02. The van der Waals surface area contributed by atoms with Crippen molar-refractivity contribution in [2.45, 2.75) is 38.1 Å². The molecule has 1 aromatic rings. The van der Waals surface area contributed by atoms with Crippen molar-refractivity contribution in [2.75, 3.05) is 0 Å².